The van der Waals surface area contributed by atoms with Crippen molar-refractivity contribution >= 4 is 11.6 Å². The second-order valence-corrected chi connectivity index (χ2v) is 3.84. The van der Waals surface area contributed by atoms with E-state index in [1.54, 1.807) is 0 Å². The number of benzene rings is 1. The predicted octanol–water partition coefficient (Wildman–Crippen LogP) is 1.68. The molecule has 1 aromatic rings. The number of nitrogens with zero attached hydrogens (tertiary/aromatic N) is 3. The molecule has 0 atom stereocenters. The lowest BCUT2D eigenvalue weighted by Gasteiger charge is -2.21. The van der Waals surface area contributed by atoms with E-state index in [1.807, 2.05) is 12.1 Å². The van der Waals surface area contributed by atoms with Crippen LogP contribution in [0.3, 0.4) is 0 Å². The van der Waals surface area contributed by atoms with Crippen LogP contribution in [-0.2, 0) is 0 Å². The molecule has 6 heteroatoms. The standard InChI is InChI=1S/C13H13FN4O/c14-10-3-4-12(17)11(9-10)13(19)18(7-1-5-15)8-2-6-16/h3-4,9H,1-2,7-8,17H2. The predicted molar refractivity (Wildman–Crippen MR) is 67.2 cm³/mol. The summed E-state index contributed by atoms with van der Waals surface area (Å²) in [5.74, 6) is -1.03. The summed E-state index contributed by atoms with van der Waals surface area (Å²) in [6.07, 6.45) is 0.290. The van der Waals surface area contributed by atoms with Gasteiger partial charge >= 0.3 is 0 Å². The Kier molecular flexibility index (Phi) is 5.31. The Morgan fingerprint density at radius 2 is 1.84 bits per heavy atom. The molecule has 0 unspecified atom stereocenters. The molecule has 98 valence electrons. The van der Waals surface area contributed by atoms with Crippen LogP contribution in [0.15, 0.2) is 18.2 Å². The molecule has 0 aliphatic carbocycles. The largest absolute Gasteiger partial charge is 0.398 e. The van der Waals surface area contributed by atoms with E-state index in [-0.39, 0.29) is 37.2 Å². The average molecular weight is 260 g/mol. The zero-order valence-corrected chi connectivity index (χ0v) is 10.3. The average Bonchev–Trinajstić information content (AvgIpc) is 2.41. The van der Waals surface area contributed by atoms with Gasteiger partial charge in [-0.3, -0.25) is 4.79 Å². The number of halogens is 1. The second-order valence-electron chi connectivity index (χ2n) is 3.84. The van der Waals surface area contributed by atoms with E-state index in [0.717, 1.165) is 6.07 Å². The van der Waals surface area contributed by atoms with Crippen LogP contribution in [-0.4, -0.2) is 23.9 Å². The number of nitrogens with two attached hydrogens (primary N) is 1. The highest BCUT2D eigenvalue weighted by Gasteiger charge is 2.18. The van der Waals surface area contributed by atoms with E-state index >= 15 is 0 Å². The fourth-order valence-corrected chi connectivity index (χ4v) is 1.57. The van der Waals surface area contributed by atoms with E-state index in [1.165, 1.54) is 17.0 Å². The van der Waals surface area contributed by atoms with Gasteiger partial charge in [-0.25, -0.2) is 4.39 Å². The maximum Gasteiger partial charge on any atom is 0.256 e. The summed E-state index contributed by atoms with van der Waals surface area (Å²) in [6, 6.07) is 7.39. The summed E-state index contributed by atoms with van der Waals surface area (Å²) >= 11 is 0. The monoisotopic (exact) mass is 260 g/mol. The number of nitriles is 2. The Bertz CT molecular complexity index is 527. The molecule has 0 fully saturated rings. The summed E-state index contributed by atoms with van der Waals surface area (Å²) in [5.41, 5.74) is 5.86. The molecule has 0 heterocycles. The Balaban J connectivity index is 2.94. The van der Waals surface area contributed by atoms with Gasteiger partial charge in [0.25, 0.3) is 5.91 Å². The molecule has 0 saturated carbocycles. The third-order valence-corrected chi connectivity index (χ3v) is 2.52. The van der Waals surface area contributed by atoms with Crippen molar-refractivity contribution in [2.45, 2.75) is 12.8 Å². The zero-order valence-electron chi connectivity index (χ0n) is 10.3. The lowest BCUT2D eigenvalue weighted by Crippen LogP contribution is -2.33. The normalized spacial score (nSPS) is 9.42. The van der Waals surface area contributed by atoms with Crippen molar-refractivity contribution in [3.63, 3.8) is 0 Å². The van der Waals surface area contributed by atoms with Crippen molar-refractivity contribution in [3.8, 4) is 12.1 Å². The summed E-state index contributed by atoms with van der Waals surface area (Å²) in [7, 11) is 0. The summed E-state index contributed by atoms with van der Waals surface area (Å²) in [4.78, 5) is 13.5. The minimum absolute atomic E-state index is 0.0517. The quantitative estimate of drug-likeness (QED) is 0.815. The molecule has 1 rings (SSSR count). The van der Waals surface area contributed by atoms with Gasteiger partial charge in [-0.15, -0.1) is 0 Å². The Labute approximate surface area is 110 Å². The first-order valence-corrected chi connectivity index (χ1v) is 5.68. The number of amides is 1. The fraction of sp³-hybridized carbons (Fsp3) is 0.308. The number of carbonyl (C=O) groups excluding carboxylic acids is 1. The van der Waals surface area contributed by atoms with Crippen molar-refractivity contribution in [1.29, 1.82) is 10.5 Å². The van der Waals surface area contributed by atoms with E-state index in [4.69, 9.17) is 16.3 Å². The van der Waals surface area contributed by atoms with E-state index in [9.17, 15) is 9.18 Å². The van der Waals surface area contributed by atoms with Gasteiger partial charge in [0.1, 0.15) is 5.82 Å². The fourth-order valence-electron chi connectivity index (χ4n) is 1.57. The number of hydrogen-bond donors (Lipinski definition) is 1. The van der Waals surface area contributed by atoms with Gasteiger partial charge in [0.05, 0.1) is 30.5 Å². The van der Waals surface area contributed by atoms with Crippen LogP contribution < -0.4 is 5.73 Å². The molecule has 5 nitrogen and oxygen atoms in total. The summed E-state index contributed by atoms with van der Waals surface area (Å²) in [6.45, 7) is 0.375. The Morgan fingerprint density at radius 3 is 2.37 bits per heavy atom. The molecule has 19 heavy (non-hydrogen) atoms. The number of hydrogen-bond acceptors (Lipinski definition) is 4. The number of anilines is 1. The molecule has 0 radical (unpaired) electrons. The van der Waals surface area contributed by atoms with Crippen molar-refractivity contribution in [2.75, 3.05) is 18.8 Å². The maximum atomic E-state index is 13.1. The van der Waals surface area contributed by atoms with Crippen molar-refractivity contribution in [2.24, 2.45) is 0 Å². The van der Waals surface area contributed by atoms with Gasteiger partial charge in [-0.1, -0.05) is 0 Å². The topological polar surface area (TPSA) is 93.9 Å². The van der Waals surface area contributed by atoms with Crippen LogP contribution in [0.4, 0.5) is 10.1 Å². The van der Waals surface area contributed by atoms with Crippen LogP contribution in [0.2, 0.25) is 0 Å². The first kappa shape index (κ1) is 14.5. The maximum absolute atomic E-state index is 13.1. The molecule has 1 amide bonds. The second kappa shape index (κ2) is 6.97. The Hall–Kier alpha value is -2.60. The molecule has 2 N–H and O–H groups in total. The minimum Gasteiger partial charge on any atom is -0.398 e. The summed E-state index contributed by atoms with van der Waals surface area (Å²) in [5, 5.41) is 17.1. The van der Waals surface area contributed by atoms with Crippen molar-refractivity contribution < 1.29 is 9.18 Å². The molecule has 0 bridgehead atoms. The lowest BCUT2D eigenvalue weighted by molar-refractivity contribution is 0.0763. The highest BCUT2D eigenvalue weighted by atomic mass is 19.1. The van der Waals surface area contributed by atoms with Gasteiger partial charge in [-0.05, 0) is 18.2 Å². The zero-order chi connectivity index (χ0) is 14.3. The van der Waals surface area contributed by atoms with Crippen molar-refractivity contribution in [3.05, 3.63) is 29.6 Å². The van der Waals surface area contributed by atoms with E-state index in [0.29, 0.717) is 0 Å². The molecular weight excluding hydrogens is 247 g/mol. The van der Waals surface area contributed by atoms with E-state index < -0.39 is 11.7 Å². The number of carbonyl (C=O) groups is 1. The first-order chi connectivity index (χ1) is 9.10. The number of rotatable bonds is 5. The Morgan fingerprint density at radius 1 is 1.26 bits per heavy atom. The third-order valence-electron chi connectivity index (χ3n) is 2.52. The molecule has 0 spiro atoms. The SMILES string of the molecule is N#CCCN(CCC#N)C(=O)c1cc(F)ccc1N. The van der Waals surface area contributed by atoms with Gasteiger partial charge in [0.15, 0.2) is 0 Å². The third kappa shape index (κ3) is 3.97. The van der Waals surface area contributed by atoms with Crippen LogP contribution >= 0.6 is 0 Å². The van der Waals surface area contributed by atoms with Crippen LogP contribution in [0.1, 0.15) is 23.2 Å². The van der Waals surface area contributed by atoms with Gasteiger partial charge in [-0.2, -0.15) is 10.5 Å². The smallest absolute Gasteiger partial charge is 0.256 e. The van der Waals surface area contributed by atoms with Gasteiger partial charge < -0.3 is 10.6 Å². The highest BCUT2D eigenvalue weighted by molar-refractivity contribution is 5.99. The van der Waals surface area contributed by atoms with Crippen molar-refractivity contribution in [1.82, 2.24) is 4.90 Å². The van der Waals surface area contributed by atoms with Crippen LogP contribution in [0, 0.1) is 28.5 Å². The lowest BCUT2D eigenvalue weighted by atomic mass is 10.1. The molecular formula is C13H13FN4O. The minimum atomic E-state index is -0.557. The molecule has 1 aromatic carbocycles. The highest BCUT2D eigenvalue weighted by Crippen LogP contribution is 2.16. The molecule has 0 aliphatic heterocycles. The number of nitrogen functional groups attached to an aromatic ring is 1. The van der Waals surface area contributed by atoms with Crippen LogP contribution in [0.25, 0.3) is 0 Å². The van der Waals surface area contributed by atoms with Crippen LogP contribution in [0.5, 0.6) is 0 Å². The molecule has 0 aromatic heterocycles. The van der Waals surface area contributed by atoms with Gasteiger partial charge in [0.2, 0.25) is 0 Å². The summed E-state index contributed by atoms with van der Waals surface area (Å²) < 4.78 is 13.1. The van der Waals surface area contributed by atoms with E-state index in [2.05, 4.69) is 0 Å². The molecule has 0 aliphatic rings. The van der Waals surface area contributed by atoms with Gasteiger partial charge in [0, 0.05) is 18.8 Å². The first-order valence-electron chi connectivity index (χ1n) is 5.68. The molecule has 0 saturated heterocycles.